The van der Waals surface area contributed by atoms with E-state index in [2.05, 4.69) is 6.92 Å². The van der Waals surface area contributed by atoms with Crippen LogP contribution in [0, 0.1) is 0 Å². The molecule has 0 saturated heterocycles. The number of amides is 1. The molecule has 1 aromatic rings. The number of hydrogen-bond donors (Lipinski definition) is 0. The van der Waals surface area contributed by atoms with Crippen molar-refractivity contribution < 1.29 is 4.79 Å². The van der Waals surface area contributed by atoms with E-state index in [-0.39, 0.29) is 0 Å². The van der Waals surface area contributed by atoms with Crippen LogP contribution >= 0.6 is 0 Å². The Morgan fingerprint density at radius 2 is 1.80 bits per heavy atom. The van der Waals surface area contributed by atoms with Gasteiger partial charge in [0.1, 0.15) is 0 Å². The van der Waals surface area contributed by atoms with Gasteiger partial charge in [0.25, 0.3) is 5.91 Å². The number of carbonyl (C=O) groups is 1. The second-order valence-electron chi connectivity index (χ2n) is 3.84. The van der Waals surface area contributed by atoms with Gasteiger partial charge >= 0.3 is 0 Å². The first-order chi connectivity index (χ1) is 7.24. The predicted molar refractivity (Wildman–Crippen MR) is 61.7 cm³/mol. The van der Waals surface area contributed by atoms with Crippen LogP contribution in [0.1, 0.15) is 48.5 Å². The van der Waals surface area contributed by atoms with Crippen molar-refractivity contribution in [2.24, 2.45) is 0 Å². The molecule has 0 aliphatic rings. The summed E-state index contributed by atoms with van der Waals surface area (Å²) in [5, 5.41) is 0. The normalized spacial score (nSPS) is 10.2. The summed E-state index contributed by atoms with van der Waals surface area (Å²) in [6.07, 6.45) is 6.11. The zero-order valence-corrected chi connectivity index (χ0v) is 9.25. The summed E-state index contributed by atoms with van der Waals surface area (Å²) in [5.41, 5.74) is 8.68. The van der Waals surface area contributed by atoms with Crippen molar-refractivity contribution in [1.29, 1.82) is 0 Å². The number of benzene rings is 1. The number of hydrogen-bond acceptors (Lipinski definition) is 1. The van der Waals surface area contributed by atoms with Crippen LogP contribution in [0.5, 0.6) is 0 Å². The Kier molecular flexibility index (Phi) is 4.88. The van der Waals surface area contributed by atoms with Gasteiger partial charge < -0.3 is 0 Å². The topological polar surface area (TPSA) is 40.9 Å². The fraction of sp³-hybridized carbons (Fsp3) is 0.462. The molecule has 0 aliphatic heterocycles. The summed E-state index contributed by atoms with van der Waals surface area (Å²) < 4.78 is 0. The van der Waals surface area contributed by atoms with Crippen molar-refractivity contribution in [3.63, 3.8) is 0 Å². The van der Waals surface area contributed by atoms with E-state index in [1.54, 1.807) is 12.1 Å². The van der Waals surface area contributed by atoms with Crippen molar-refractivity contribution in [3.8, 4) is 0 Å². The van der Waals surface area contributed by atoms with Crippen molar-refractivity contribution >= 4 is 5.91 Å². The lowest BCUT2D eigenvalue weighted by atomic mass is 10.0. The number of aryl methyl sites for hydroxylation is 1. The Hall–Kier alpha value is -1.31. The molecule has 0 aliphatic carbocycles. The third-order valence-corrected chi connectivity index (χ3v) is 2.54. The molecule has 0 saturated carbocycles. The first-order valence-electron chi connectivity index (χ1n) is 5.59. The maximum absolute atomic E-state index is 10.7. The number of rotatable bonds is 6. The van der Waals surface area contributed by atoms with Crippen molar-refractivity contribution in [2.45, 2.75) is 39.0 Å². The highest BCUT2D eigenvalue weighted by molar-refractivity contribution is 5.92. The van der Waals surface area contributed by atoms with E-state index in [4.69, 9.17) is 5.73 Å². The van der Waals surface area contributed by atoms with E-state index in [0.29, 0.717) is 5.56 Å². The van der Waals surface area contributed by atoms with Crippen LogP contribution < -0.4 is 5.73 Å². The standard InChI is InChI=1S/C13H18NO/c1-2-3-4-5-6-11-7-9-12(10-8-11)13(14)15/h7-10,14H,2-6H2,1H3. The van der Waals surface area contributed by atoms with Crippen LogP contribution in [-0.2, 0) is 6.42 Å². The quantitative estimate of drug-likeness (QED) is 0.656. The number of unbranched alkanes of at least 4 members (excludes halogenated alkanes) is 3. The Morgan fingerprint density at radius 1 is 1.13 bits per heavy atom. The van der Waals surface area contributed by atoms with Gasteiger partial charge in [-0.1, -0.05) is 38.3 Å². The molecule has 1 aromatic carbocycles. The molecular weight excluding hydrogens is 186 g/mol. The van der Waals surface area contributed by atoms with E-state index >= 15 is 0 Å². The summed E-state index contributed by atoms with van der Waals surface area (Å²) in [6, 6.07) is 7.39. The Bertz CT molecular complexity index is 303. The molecular formula is C13H18NO. The molecule has 0 spiro atoms. The molecule has 0 fully saturated rings. The minimum Gasteiger partial charge on any atom is -0.267 e. The molecule has 81 valence electrons. The summed E-state index contributed by atoms with van der Waals surface area (Å²) in [5.74, 6) is -0.604. The average molecular weight is 204 g/mol. The average Bonchev–Trinajstić information content (AvgIpc) is 2.25. The second kappa shape index (κ2) is 6.23. The van der Waals surface area contributed by atoms with Crippen LogP contribution in [0.15, 0.2) is 24.3 Å². The zero-order chi connectivity index (χ0) is 11.1. The van der Waals surface area contributed by atoms with Crippen LogP contribution in [0.4, 0.5) is 0 Å². The monoisotopic (exact) mass is 204 g/mol. The van der Waals surface area contributed by atoms with Crippen molar-refractivity contribution in [2.75, 3.05) is 0 Å². The minimum atomic E-state index is -0.604. The molecule has 15 heavy (non-hydrogen) atoms. The molecule has 0 bridgehead atoms. The molecule has 1 rings (SSSR count). The van der Waals surface area contributed by atoms with Gasteiger partial charge in [0.15, 0.2) is 0 Å². The van der Waals surface area contributed by atoms with Crippen LogP contribution in [0.25, 0.3) is 0 Å². The SMILES string of the molecule is CCCCCCc1ccc(C([NH])=O)cc1. The summed E-state index contributed by atoms with van der Waals surface area (Å²) >= 11 is 0. The van der Waals surface area contributed by atoms with E-state index < -0.39 is 5.91 Å². The fourth-order valence-corrected chi connectivity index (χ4v) is 1.58. The van der Waals surface area contributed by atoms with Gasteiger partial charge in [0.2, 0.25) is 0 Å². The first kappa shape index (κ1) is 11.8. The van der Waals surface area contributed by atoms with Gasteiger partial charge in [-0.25, -0.2) is 0 Å². The fourth-order valence-electron chi connectivity index (χ4n) is 1.58. The molecule has 2 heteroatoms. The Morgan fingerprint density at radius 3 is 2.33 bits per heavy atom. The Labute approximate surface area is 91.5 Å². The van der Waals surface area contributed by atoms with Crippen LogP contribution in [0.2, 0.25) is 0 Å². The Balaban J connectivity index is 2.39. The molecule has 0 unspecified atom stereocenters. The number of carbonyl (C=O) groups excluding carboxylic acids is 1. The number of nitrogens with one attached hydrogen (secondary N) is 1. The molecule has 0 aromatic heterocycles. The van der Waals surface area contributed by atoms with E-state index in [0.717, 1.165) is 6.42 Å². The third-order valence-electron chi connectivity index (χ3n) is 2.54. The predicted octanol–water partition coefficient (Wildman–Crippen LogP) is 3.23. The van der Waals surface area contributed by atoms with Gasteiger partial charge in [0, 0.05) is 5.56 Å². The lowest BCUT2D eigenvalue weighted by Gasteiger charge is -2.01. The highest BCUT2D eigenvalue weighted by atomic mass is 16.1. The zero-order valence-electron chi connectivity index (χ0n) is 9.25. The smallest absolute Gasteiger partial charge is 0.267 e. The van der Waals surface area contributed by atoms with Gasteiger partial charge in [-0.3, -0.25) is 10.5 Å². The second-order valence-corrected chi connectivity index (χ2v) is 3.84. The summed E-state index contributed by atoms with van der Waals surface area (Å²) in [6.45, 7) is 2.20. The summed E-state index contributed by atoms with van der Waals surface area (Å²) in [7, 11) is 0. The molecule has 1 radical (unpaired) electrons. The van der Waals surface area contributed by atoms with Gasteiger partial charge in [-0.15, -0.1) is 0 Å². The first-order valence-corrected chi connectivity index (χ1v) is 5.59. The minimum absolute atomic E-state index is 0.479. The van der Waals surface area contributed by atoms with Crippen molar-refractivity contribution in [3.05, 3.63) is 35.4 Å². The molecule has 0 heterocycles. The van der Waals surface area contributed by atoms with Gasteiger partial charge in [-0.05, 0) is 30.5 Å². The molecule has 1 N–H and O–H groups in total. The lowest BCUT2D eigenvalue weighted by Crippen LogP contribution is -1.98. The van der Waals surface area contributed by atoms with Crippen LogP contribution in [-0.4, -0.2) is 5.91 Å². The summed E-state index contributed by atoms with van der Waals surface area (Å²) in [4.78, 5) is 10.7. The molecule has 0 atom stereocenters. The maximum atomic E-state index is 10.7. The van der Waals surface area contributed by atoms with E-state index in [1.807, 2.05) is 12.1 Å². The van der Waals surface area contributed by atoms with Crippen molar-refractivity contribution in [1.82, 2.24) is 5.73 Å². The largest absolute Gasteiger partial charge is 0.269 e. The highest BCUT2D eigenvalue weighted by Crippen LogP contribution is 2.09. The molecule has 1 amide bonds. The maximum Gasteiger partial charge on any atom is 0.269 e. The highest BCUT2D eigenvalue weighted by Gasteiger charge is 2.00. The van der Waals surface area contributed by atoms with Crippen LogP contribution in [0.3, 0.4) is 0 Å². The lowest BCUT2D eigenvalue weighted by molar-refractivity contribution is 0.0992. The molecule has 2 nitrogen and oxygen atoms in total. The third kappa shape index (κ3) is 4.15. The van der Waals surface area contributed by atoms with E-state index in [9.17, 15) is 4.79 Å². The van der Waals surface area contributed by atoms with Gasteiger partial charge in [-0.2, -0.15) is 0 Å². The van der Waals surface area contributed by atoms with Gasteiger partial charge in [0.05, 0.1) is 0 Å². The van der Waals surface area contributed by atoms with E-state index in [1.165, 1.54) is 31.2 Å².